The van der Waals surface area contributed by atoms with Gasteiger partial charge in [0.1, 0.15) is 5.65 Å². The van der Waals surface area contributed by atoms with Crippen LogP contribution in [0.5, 0.6) is 0 Å². The van der Waals surface area contributed by atoms with Gasteiger partial charge in [-0.2, -0.15) is 4.98 Å². The van der Waals surface area contributed by atoms with Crippen LogP contribution < -0.4 is 28.2 Å². The monoisotopic (exact) mass is 643 g/mol. The van der Waals surface area contributed by atoms with Crippen LogP contribution in [0.4, 0.5) is 4.39 Å². The van der Waals surface area contributed by atoms with Gasteiger partial charge in [0.25, 0.3) is 0 Å². The summed E-state index contributed by atoms with van der Waals surface area (Å²) in [4.78, 5) is 28.8. The fraction of sp³-hybridized carbons (Fsp3) is 0.294. The van der Waals surface area contributed by atoms with Crippen LogP contribution in [0, 0.1) is 5.82 Å². The SMILES string of the molecule is C[C@H](N)CCCc1cc(Cl)c(F)c(-c2cc3cn(-c4ccc([C@H](Cc5cccnc5)NCCCN=C(N)N)cc4)c(=O)nc3[nH]2)c1. The first-order valence-corrected chi connectivity index (χ1v) is 15.7. The van der Waals surface area contributed by atoms with Crippen molar-refractivity contribution in [1.29, 1.82) is 0 Å². The van der Waals surface area contributed by atoms with Crippen LogP contribution in [-0.4, -0.2) is 44.6 Å². The second-order valence-corrected chi connectivity index (χ2v) is 11.9. The number of nitrogens with one attached hydrogen (secondary N) is 2. The molecule has 0 bridgehead atoms. The van der Waals surface area contributed by atoms with Gasteiger partial charge in [0.2, 0.25) is 0 Å². The summed E-state index contributed by atoms with van der Waals surface area (Å²) in [6, 6.07) is 17.0. The van der Waals surface area contributed by atoms with E-state index in [1.165, 1.54) is 4.57 Å². The number of nitrogens with zero attached hydrogens (tertiary/aromatic N) is 4. The topological polar surface area (TPSA) is 166 Å². The molecular weight excluding hydrogens is 605 g/mol. The van der Waals surface area contributed by atoms with Gasteiger partial charge in [-0.05, 0) is 98.7 Å². The Hall–Kier alpha value is -4.58. The molecular formula is C34H39ClFN9O. The van der Waals surface area contributed by atoms with E-state index in [-0.39, 0.29) is 23.1 Å². The average Bonchev–Trinajstić information content (AvgIpc) is 3.44. The minimum absolute atomic E-state index is 0.00166. The maximum Gasteiger partial charge on any atom is 0.354 e. The molecule has 2 aromatic carbocycles. The predicted molar refractivity (Wildman–Crippen MR) is 183 cm³/mol. The van der Waals surface area contributed by atoms with Crippen molar-refractivity contribution in [3.05, 3.63) is 111 Å². The zero-order valence-electron chi connectivity index (χ0n) is 25.7. The molecule has 0 aliphatic heterocycles. The van der Waals surface area contributed by atoms with Crippen LogP contribution in [0.3, 0.4) is 0 Å². The summed E-state index contributed by atoms with van der Waals surface area (Å²) >= 11 is 6.27. The third-order valence-corrected chi connectivity index (χ3v) is 8.04. The van der Waals surface area contributed by atoms with Crippen LogP contribution >= 0.6 is 11.6 Å². The molecule has 5 rings (SSSR count). The van der Waals surface area contributed by atoms with E-state index in [9.17, 15) is 4.79 Å². The number of halogens is 2. The number of hydrogen-bond donors (Lipinski definition) is 5. The van der Waals surface area contributed by atoms with Crippen molar-refractivity contribution in [3.63, 3.8) is 0 Å². The number of aryl methyl sites for hydroxylation is 1. The quantitative estimate of drug-likeness (QED) is 0.0660. The summed E-state index contributed by atoms with van der Waals surface area (Å²) in [6.45, 7) is 3.21. The lowest BCUT2D eigenvalue weighted by Crippen LogP contribution is -2.26. The second kappa shape index (κ2) is 15.1. The van der Waals surface area contributed by atoms with Crippen LogP contribution in [0.25, 0.3) is 28.0 Å². The summed E-state index contributed by atoms with van der Waals surface area (Å²) in [6.07, 6.45) is 9.26. The van der Waals surface area contributed by atoms with Gasteiger partial charge in [-0.25, -0.2) is 9.18 Å². The van der Waals surface area contributed by atoms with E-state index in [1.54, 1.807) is 30.6 Å². The molecule has 12 heteroatoms. The van der Waals surface area contributed by atoms with Crippen molar-refractivity contribution in [2.45, 2.75) is 51.1 Å². The number of hydrogen-bond acceptors (Lipinski definition) is 6. The van der Waals surface area contributed by atoms with Crippen molar-refractivity contribution in [2.75, 3.05) is 13.1 Å². The Morgan fingerprint density at radius 2 is 1.93 bits per heavy atom. The Bertz CT molecular complexity index is 1850. The summed E-state index contributed by atoms with van der Waals surface area (Å²) in [5, 5.41) is 4.30. The highest BCUT2D eigenvalue weighted by Crippen LogP contribution is 2.31. The third-order valence-electron chi connectivity index (χ3n) is 7.77. The molecule has 0 unspecified atom stereocenters. The van der Waals surface area contributed by atoms with Crippen molar-refractivity contribution < 1.29 is 4.39 Å². The molecule has 0 saturated heterocycles. The number of aliphatic imine (C=N–C) groups is 1. The van der Waals surface area contributed by atoms with E-state index >= 15 is 4.39 Å². The van der Waals surface area contributed by atoms with Gasteiger partial charge in [0.15, 0.2) is 11.8 Å². The van der Waals surface area contributed by atoms with Gasteiger partial charge in [-0.1, -0.05) is 29.8 Å². The first-order valence-electron chi connectivity index (χ1n) is 15.3. The van der Waals surface area contributed by atoms with Crippen LogP contribution in [0.15, 0.2) is 83.0 Å². The van der Waals surface area contributed by atoms with Gasteiger partial charge in [-0.15, -0.1) is 0 Å². The van der Waals surface area contributed by atoms with Crippen molar-refractivity contribution in [2.24, 2.45) is 22.2 Å². The van der Waals surface area contributed by atoms with E-state index in [1.807, 2.05) is 49.5 Å². The zero-order valence-corrected chi connectivity index (χ0v) is 26.5. The number of nitrogens with two attached hydrogens (primary N) is 3. The maximum atomic E-state index is 15.2. The smallest absolute Gasteiger partial charge is 0.354 e. The van der Waals surface area contributed by atoms with Gasteiger partial charge in [0, 0.05) is 48.2 Å². The minimum Gasteiger partial charge on any atom is -0.370 e. The molecule has 10 nitrogen and oxygen atoms in total. The molecule has 0 amide bonds. The summed E-state index contributed by atoms with van der Waals surface area (Å²) < 4.78 is 16.7. The molecule has 3 heterocycles. The second-order valence-electron chi connectivity index (χ2n) is 11.5. The lowest BCUT2D eigenvalue weighted by atomic mass is 9.99. The largest absolute Gasteiger partial charge is 0.370 e. The Morgan fingerprint density at radius 3 is 2.65 bits per heavy atom. The summed E-state index contributed by atoms with van der Waals surface area (Å²) in [5.41, 5.74) is 21.2. The van der Waals surface area contributed by atoms with Gasteiger partial charge < -0.3 is 27.5 Å². The number of H-pyrrole nitrogens is 1. The maximum absolute atomic E-state index is 15.2. The van der Waals surface area contributed by atoms with Gasteiger partial charge in [-0.3, -0.25) is 14.5 Å². The number of fused-ring (bicyclic) bond motifs is 1. The van der Waals surface area contributed by atoms with E-state index in [0.29, 0.717) is 41.1 Å². The Morgan fingerprint density at radius 1 is 1.13 bits per heavy atom. The fourth-order valence-electron chi connectivity index (χ4n) is 5.43. The van der Waals surface area contributed by atoms with Gasteiger partial charge in [0.05, 0.1) is 16.4 Å². The molecule has 2 atom stereocenters. The van der Waals surface area contributed by atoms with Crippen LogP contribution in [0.1, 0.15) is 48.9 Å². The highest BCUT2D eigenvalue weighted by Gasteiger charge is 2.17. The Labute approximate surface area is 271 Å². The third kappa shape index (κ3) is 8.36. The normalized spacial score (nSPS) is 12.7. The molecule has 0 saturated carbocycles. The Balaban J connectivity index is 1.38. The standard InChI is InChI=1S/C34H39ClFN9O/c1-21(37)5-2-6-22-15-27(31(36)28(35)16-22)30-18-25-20-45(34(46)44-32(25)43-30)26-10-8-24(9-11-26)29(17-23-7-3-12-40-19-23)41-13-4-14-42-33(38)39/h3,7-12,15-16,18-21,29,41H,2,4-6,13-14,17,37H2,1H3,(H4,38,39,42)(H,43,44,46)/t21-,29-/m0/s1. The first-order chi connectivity index (χ1) is 22.2. The van der Waals surface area contributed by atoms with Crippen LogP contribution in [0.2, 0.25) is 5.02 Å². The fourth-order valence-corrected chi connectivity index (χ4v) is 5.67. The predicted octanol–water partition coefficient (Wildman–Crippen LogP) is 4.78. The number of rotatable bonds is 14. The van der Waals surface area contributed by atoms with Crippen molar-refractivity contribution in [1.82, 2.24) is 24.8 Å². The average molecular weight is 644 g/mol. The highest BCUT2D eigenvalue weighted by atomic mass is 35.5. The molecule has 0 fully saturated rings. The number of pyridine rings is 1. The molecule has 240 valence electrons. The number of guanidine groups is 1. The molecule has 0 aliphatic carbocycles. The number of aromatic nitrogens is 4. The molecule has 5 aromatic rings. The van der Waals surface area contributed by atoms with Gasteiger partial charge >= 0.3 is 5.69 Å². The summed E-state index contributed by atoms with van der Waals surface area (Å²) in [5.74, 6) is -0.448. The molecule has 0 aliphatic rings. The zero-order chi connectivity index (χ0) is 32.6. The van der Waals surface area contributed by atoms with E-state index in [4.69, 9.17) is 28.8 Å². The Kier molecular flexibility index (Phi) is 10.8. The molecule has 46 heavy (non-hydrogen) atoms. The lowest BCUT2D eigenvalue weighted by Gasteiger charge is -2.20. The van der Waals surface area contributed by atoms with E-state index in [0.717, 1.165) is 48.8 Å². The highest BCUT2D eigenvalue weighted by molar-refractivity contribution is 6.31. The van der Waals surface area contributed by atoms with Crippen molar-refractivity contribution in [3.8, 4) is 16.9 Å². The molecule has 0 radical (unpaired) electrons. The number of aromatic amines is 1. The van der Waals surface area contributed by atoms with E-state index < -0.39 is 11.5 Å². The molecule has 0 spiro atoms. The minimum atomic E-state index is -0.527. The summed E-state index contributed by atoms with van der Waals surface area (Å²) in [7, 11) is 0. The van der Waals surface area contributed by atoms with Crippen LogP contribution in [-0.2, 0) is 12.8 Å². The molecule has 8 N–H and O–H groups in total. The lowest BCUT2D eigenvalue weighted by molar-refractivity contribution is 0.522. The van der Waals surface area contributed by atoms with E-state index in [2.05, 4.69) is 25.3 Å². The van der Waals surface area contributed by atoms with Crippen molar-refractivity contribution >= 4 is 28.6 Å². The first kappa shape index (κ1) is 32.8. The molecule has 3 aromatic heterocycles. The number of benzene rings is 2.